The lowest BCUT2D eigenvalue weighted by atomic mass is 9.83. The van der Waals surface area contributed by atoms with Gasteiger partial charge in [-0.1, -0.05) is 58.4 Å². The number of thioether (sulfide) groups is 1. The lowest BCUT2D eigenvalue weighted by Gasteiger charge is -2.31. The zero-order valence-corrected chi connectivity index (χ0v) is 26.9. The molecule has 6 rings (SSSR count). The average Bonchev–Trinajstić information content (AvgIpc) is 3.45. The average molecular weight is 670 g/mol. The Labute approximate surface area is 271 Å². The number of halogens is 2. The van der Waals surface area contributed by atoms with E-state index in [1.54, 1.807) is 43.5 Å². The van der Waals surface area contributed by atoms with Gasteiger partial charge in [-0.3, -0.25) is 23.7 Å². The van der Waals surface area contributed by atoms with Crippen LogP contribution in [0.4, 0.5) is 17.1 Å². The molecule has 3 heterocycles. The fraction of sp³-hybridized carbons (Fsp3) is 0.226. The summed E-state index contributed by atoms with van der Waals surface area (Å²) < 4.78 is 6.62. The van der Waals surface area contributed by atoms with Gasteiger partial charge in [-0.2, -0.15) is 0 Å². The van der Waals surface area contributed by atoms with Crippen molar-refractivity contribution in [2.75, 3.05) is 36.3 Å². The maximum absolute atomic E-state index is 14.1. The molecule has 9 nitrogen and oxygen atoms in total. The van der Waals surface area contributed by atoms with Crippen LogP contribution in [0.3, 0.4) is 0 Å². The minimum absolute atomic E-state index is 0.282. The lowest BCUT2D eigenvalue weighted by Crippen LogP contribution is -2.33. The van der Waals surface area contributed by atoms with Crippen LogP contribution in [0.15, 0.2) is 76.6 Å². The lowest BCUT2D eigenvalue weighted by molar-refractivity contribution is -0.122. The quantitative estimate of drug-likeness (QED) is 0.251. The first kappa shape index (κ1) is 30.3. The van der Waals surface area contributed by atoms with Gasteiger partial charge >= 0.3 is 4.87 Å². The normalized spacial score (nSPS) is 19.0. The molecule has 2 aliphatic rings. The number of nitrogens with zero attached hydrogens (tertiary/aromatic N) is 3. The van der Waals surface area contributed by atoms with E-state index in [1.807, 2.05) is 43.3 Å². The van der Waals surface area contributed by atoms with Crippen LogP contribution < -0.4 is 24.7 Å². The van der Waals surface area contributed by atoms with Gasteiger partial charge in [0.1, 0.15) is 17.5 Å². The number of hydrogen-bond acceptors (Lipinski definition) is 8. The zero-order valence-electron chi connectivity index (χ0n) is 23.7. The summed E-state index contributed by atoms with van der Waals surface area (Å²) in [6, 6.07) is 19.2. The highest BCUT2D eigenvalue weighted by Crippen LogP contribution is 2.54. The van der Waals surface area contributed by atoms with Gasteiger partial charge in [0.2, 0.25) is 17.7 Å². The Morgan fingerprint density at radius 3 is 2.30 bits per heavy atom. The molecule has 1 aromatic heterocycles. The molecule has 2 unspecified atom stereocenters. The topological polar surface area (TPSA) is 101 Å². The first-order chi connectivity index (χ1) is 21.1. The molecule has 2 aliphatic heterocycles. The van der Waals surface area contributed by atoms with Crippen molar-refractivity contribution in [3.8, 4) is 5.75 Å². The number of carbonyl (C=O) groups is 3. The molecule has 226 valence electrons. The third kappa shape index (κ3) is 5.38. The SMILES string of the molecule is COc1ccc(N2C(=O)C3Sc4c(sc(=O)n4CC(=O)Nc4ccc(Cl)c(Cl)c4)[C@H](c4ccc(N(C)C)cc4)C3C2=O)cc1. The smallest absolute Gasteiger partial charge is 0.308 e. The molecule has 1 saturated heterocycles. The van der Waals surface area contributed by atoms with Gasteiger partial charge in [0.15, 0.2) is 0 Å². The van der Waals surface area contributed by atoms with Crippen molar-refractivity contribution in [3.05, 3.63) is 96.9 Å². The van der Waals surface area contributed by atoms with Gasteiger partial charge in [-0.05, 0) is 60.2 Å². The number of thiazole rings is 1. The van der Waals surface area contributed by atoms with Crippen molar-refractivity contribution in [1.82, 2.24) is 4.57 Å². The van der Waals surface area contributed by atoms with Gasteiger partial charge in [-0.25, -0.2) is 4.90 Å². The van der Waals surface area contributed by atoms with E-state index in [0.29, 0.717) is 32.1 Å². The summed E-state index contributed by atoms with van der Waals surface area (Å²) in [5, 5.41) is 3.09. The van der Waals surface area contributed by atoms with Gasteiger partial charge in [0.05, 0.1) is 33.8 Å². The predicted octanol–water partition coefficient (Wildman–Crippen LogP) is 5.73. The highest BCUT2D eigenvalue weighted by molar-refractivity contribution is 8.00. The highest BCUT2D eigenvalue weighted by atomic mass is 35.5. The Hall–Kier alpha value is -3.77. The summed E-state index contributed by atoms with van der Waals surface area (Å²) in [5.74, 6) is -1.87. The van der Waals surface area contributed by atoms with Gasteiger partial charge in [0, 0.05) is 36.3 Å². The number of amides is 3. The Bertz CT molecular complexity index is 1840. The zero-order chi connectivity index (χ0) is 31.3. The van der Waals surface area contributed by atoms with Crippen molar-refractivity contribution >= 4 is 81.1 Å². The number of carbonyl (C=O) groups excluding carboxylic acids is 3. The number of hydrogen-bond donors (Lipinski definition) is 1. The molecule has 3 aromatic carbocycles. The molecule has 0 radical (unpaired) electrons. The fourth-order valence-electron chi connectivity index (χ4n) is 5.50. The number of benzene rings is 3. The van der Waals surface area contributed by atoms with Crippen LogP contribution in [0, 0.1) is 5.92 Å². The van der Waals surface area contributed by atoms with Crippen LogP contribution in [0.1, 0.15) is 16.4 Å². The van der Waals surface area contributed by atoms with E-state index in [2.05, 4.69) is 5.32 Å². The Balaban J connectivity index is 1.40. The van der Waals surface area contributed by atoms with Crippen LogP contribution in [0.2, 0.25) is 10.0 Å². The van der Waals surface area contributed by atoms with E-state index in [4.69, 9.17) is 27.9 Å². The van der Waals surface area contributed by atoms with Crippen molar-refractivity contribution in [3.63, 3.8) is 0 Å². The Morgan fingerprint density at radius 2 is 1.66 bits per heavy atom. The van der Waals surface area contributed by atoms with Crippen LogP contribution in [0.25, 0.3) is 0 Å². The molecular formula is C31H26Cl2N4O5S2. The van der Waals surface area contributed by atoms with Gasteiger partial charge in [-0.15, -0.1) is 0 Å². The van der Waals surface area contributed by atoms with Gasteiger partial charge < -0.3 is 15.0 Å². The molecule has 13 heteroatoms. The van der Waals surface area contributed by atoms with E-state index in [9.17, 15) is 19.2 Å². The number of nitrogens with one attached hydrogen (secondary N) is 1. The van der Waals surface area contributed by atoms with Crippen LogP contribution in [-0.2, 0) is 20.9 Å². The number of methoxy groups -OCH3 is 1. The van der Waals surface area contributed by atoms with Crippen LogP contribution in [0.5, 0.6) is 5.75 Å². The van der Waals surface area contributed by atoms with E-state index < -0.39 is 23.0 Å². The molecule has 3 atom stereocenters. The van der Waals surface area contributed by atoms with Crippen molar-refractivity contribution < 1.29 is 19.1 Å². The maximum Gasteiger partial charge on any atom is 0.308 e. The fourth-order valence-corrected chi connectivity index (χ4v) is 8.57. The van der Waals surface area contributed by atoms with E-state index in [0.717, 1.165) is 34.3 Å². The molecular weight excluding hydrogens is 643 g/mol. The molecule has 0 bridgehead atoms. The van der Waals surface area contributed by atoms with E-state index >= 15 is 0 Å². The summed E-state index contributed by atoms with van der Waals surface area (Å²) in [4.78, 5) is 58.0. The van der Waals surface area contributed by atoms with Crippen molar-refractivity contribution in [2.45, 2.75) is 22.7 Å². The van der Waals surface area contributed by atoms with Crippen molar-refractivity contribution in [1.29, 1.82) is 0 Å². The Morgan fingerprint density at radius 1 is 0.955 bits per heavy atom. The van der Waals surface area contributed by atoms with Gasteiger partial charge in [0.25, 0.3) is 0 Å². The maximum atomic E-state index is 14.1. The van der Waals surface area contributed by atoms with Crippen molar-refractivity contribution in [2.24, 2.45) is 5.92 Å². The van der Waals surface area contributed by atoms with Crippen LogP contribution in [-0.4, -0.2) is 48.7 Å². The molecule has 4 aromatic rings. The number of imide groups is 1. The second kappa shape index (κ2) is 12.0. The molecule has 1 N–H and O–H groups in total. The minimum atomic E-state index is -0.797. The third-order valence-electron chi connectivity index (χ3n) is 7.65. The predicted molar refractivity (Wildman–Crippen MR) is 175 cm³/mol. The third-order valence-corrected chi connectivity index (χ3v) is 11.0. The molecule has 0 saturated carbocycles. The summed E-state index contributed by atoms with van der Waals surface area (Å²) in [5.41, 5.74) is 2.65. The molecule has 44 heavy (non-hydrogen) atoms. The van der Waals surface area contributed by atoms with Crippen LogP contribution >= 0.6 is 46.3 Å². The summed E-state index contributed by atoms with van der Waals surface area (Å²) in [6.45, 7) is -0.286. The standard InChI is InChI=1S/C31H26Cl2N4O5S2/c1-35(2)18-7-4-16(5-8-18)24-25-26(29(40)37(28(25)39)19-9-11-20(42-3)12-10-19)43-30-27(24)44-31(41)36(30)15-23(38)34-17-6-13-21(32)22(33)14-17/h4-14,24-26H,15H2,1-3H3,(H,34,38)/t24-,25?,26?/m1/s1. The molecule has 0 aliphatic carbocycles. The Kier molecular flexibility index (Phi) is 8.23. The second-order valence-electron chi connectivity index (χ2n) is 10.5. The molecule has 1 fully saturated rings. The number of ether oxygens (including phenoxy) is 1. The molecule has 0 spiro atoms. The van der Waals surface area contributed by atoms with E-state index in [-0.39, 0.29) is 28.3 Å². The molecule has 3 amide bonds. The van der Waals surface area contributed by atoms with E-state index in [1.165, 1.54) is 15.5 Å². The minimum Gasteiger partial charge on any atom is -0.497 e. The largest absolute Gasteiger partial charge is 0.497 e. The highest BCUT2D eigenvalue weighted by Gasteiger charge is 2.56. The summed E-state index contributed by atoms with van der Waals surface area (Å²) in [7, 11) is 5.41. The second-order valence-corrected chi connectivity index (χ2v) is 13.5. The number of rotatable bonds is 7. The number of aromatic nitrogens is 1. The summed E-state index contributed by atoms with van der Waals surface area (Å²) in [6.07, 6.45) is 0. The number of anilines is 3. The first-order valence-corrected chi connectivity index (χ1v) is 16.0. The first-order valence-electron chi connectivity index (χ1n) is 13.5. The summed E-state index contributed by atoms with van der Waals surface area (Å²) >= 11 is 14.3. The number of fused-ring (bicyclic) bond motifs is 2. The monoisotopic (exact) mass is 668 g/mol.